The van der Waals surface area contributed by atoms with Crippen LogP contribution < -0.4 is 5.73 Å². The maximum atomic E-state index is 11.9. The molecule has 0 amide bonds. The fourth-order valence-electron chi connectivity index (χ4n) is 2.70. The summed E-state index contributed by atoms with van der Waals surface area (Å²) in [4.78, 5) is 33.7. The van der Waals surface area contributed by atoms with Gasteiger partial charge in [-0.25, -0.2) is 4.79 Å². The van der Waals surface area contributed by atoms with Crippen LogP contribution in [0.2, 0.25) is 0 Å². The summed E-state index contributed by atoms with van der Waals surface area (Å²) in [6, 6.07) is 0. The lowest BCUT2D eigenvalue weighted by Crippen LogP contribution is -2.56. The van der Waals surface area contributed by atoms with Gasteiger partial charge in [0.15, 0.2) is 11.3 Å². The van der Waals surface area contributed by atoms with E-state index in [-0.39, 0.29) is 6.42 Å². The van der Waals surface area contributed by atoms with E-state index in [1.54, 1.807) is 0 Å². The fourth-order valence-corrected chi connectivity index (χ4v) is 2.70. The molecule has 4 N–H and O–H groups in total. The SMILES string of the molecule is CCCCCCCCCCCCCC(=O)[C@@](N)(CC(=O)O)C(=O)O. The zero-order valence-corrected chi connectivity index (χ0v) is 14.9. The molecule has 6 nitrogen and oxygen atoms in total. The van der Waals surface area contributed by atoms with E-state index in [1.807, 2.05) is 0 Å². The van der Waals surface area contributed by atoms with Gasteiger partial charge in [-0.3, -0.25) is 9.59 Å². The Morgan fingerprint density at radius 1 is 0.792 bits per heavy atom. The Morgan fingerprint density at radius 2 is 1.21 bits per heavy atom. The molecule has 0 spiro atoms. The van der Waals surface area contributed by atoms with E-state index in [2.05, 4.69) is 6.92 Å². The number of nitrogens with two attached hydrogens (primary N) is 1. The first-order valence-electron chi connectivity index (χ1n) is 9.12. The van der Waals surface area contributed by atoms with Crippen LogP contribution in [0.3, 0.4) is 0 Å². The number of unbranched alkanes of at least 4 members (excludes halogenated alkanes) is 10. The van der Waals surface area contributed by atoms with Gasteiger partial charge in [0.1, 0.15) is 0 Å². The van der Waals surface area contributed by atoms with E-state index >= 15 is 0 Å². The van der Waals surface area contributed by atoms with Crippen molar-refractivity contribution in [1.29, 1.82) is 0 Å². The van der Waals surface area contributed by atoms with Crippen LogP contribution >= 0.6 is 0 Å². The van der Waals surface area contributed by atoms with Gasteiger partial charge in [0, 0.05) is 6.42 Å². The second kappa shape index (κ2) is 12.9. The second-order valence-corrected chi connectivity index (χ2v) is 6.56. The molecule has 0 aromatic rings. The van der Waals surface area contributed by atoms with Crippen LogP contribution in [-0.4, -0.2) is 33.5 Å². The van der Waals surface area contributed by atoms with E-state index in [4.69, 9.17) is 15.9 Å². The summed E-state index contributed by atoms with van der Waals surface area (Å²) >= 11 is 0. The zero-order chi connectivity index (χ0) is 18.4. The Balaban J connectivity index is 3.77. The van der Waals surface area contributed by atoms with Crippen LogP contribution in [0.4, 0.5) is 0 Å². The van der Waals surface area contributed by atoms with Gasteiger partial charge in [0.25, 0.3) is 0 Å². The van der Waals surface area contributed by atoms with Crippen molar-refractivity contribution in [3.63, 3.8) is 0 Å². The largest absolute Gasteiger partial charge is 0.481 e. The van der Waals surface area contributed by atoms with Crippen molar-refractivity contribution in [3.05, 3.63) is 0 Å². The highest BCUT2D eigenvalue weighted by atomic mass is 16.4. The van der Waals surface area contributed by atoms with E-state index < -0.39 is 29.7 Å². The molecule has 140 valence electrons. The number of carbonyl (C=O) groups is 3. The Bertz CT molecular complexity index is 397. The topological polar surface area (TPSA) is 118 Å². The van der Waals surface area contributed by atoms with Crippen molar-refractivity contribution in [2.24, 2.45) is 5.73 Å². The predicted molar refractivity (Wildman–Crippen MR) is 92.9 cm³/mol. The Labute approximate surface area is 144 Å². The molecule has 0 saturated heterocycles. The standard InChI is InChI=1S/C18H33NO5/c1-2-3-4-5-6-7-8-9-10-11-12-13-15(20)18(19,17(23)24)14-16(21)22/h2-14,19H2,1H3,(H,21,22)(H,23,24)/t18-/m0/s1. The van der Waals surface area contributed by atoms with Gasteiger partial charge < -0.3 is 15.9 Å². The Morgan fingerprint density at radius 3 is 1.58 bits per heavy atom. The highest BCUT2D eigenvalue weighted by Crippen LogP contribution is 2.16. The number of hydrogen-bond acceptors (Lipinski definition) is 4. The number of Topliss-reactive ketones (excluding diaryl/α,β-unsaturated/α-hetero) is 1. The van der Waals surface area contributed by atoms with Gasteiger partial charge in [0.05, 0.1) is 6.42 Å². The van der Waals surface area contributed by atoms with Gasteiger partial charge in [-0.2, -0.15) is 0 Å². The third-order valence-corrected chi connectivity index (χ3v) is 4.32. The summed E-state index contributed by atoms with van der Waals surface area (Å²) in [7, 11) is 0. The van der Waals surface area contributed by atoms with Crippen LogP contribution in [0, 0.1) is 0 Å². The molecule has 0 radical (unpaired) electrons. The molecule has 0 aliphatic carbocycles. The number of carboxylic acids is 2. The van der Waals surface area contributed by atoms with Crippen molar-refractivity contribution in [2.45, 2.75) is 95.9 Å². The van der Waals surface area contributed by atoms with Crippen LogP contribution in [-0.2, 0) is 14.4 Å². The molecule has 0 aliphatic heterocycles. The monoisotopic (exact) mass is 343 g/mol. The molecule has 0 rings (SSSR count). The van der Waals surface area contributed by atoms with E-state index in [1.165, 1.54) is 44.9 Å². The van der Waals surface area contributed by atoms with Crippen molar-refractivity contribution in [1.82, 2.24) is 0 Å². The number of hydrogen-bond donors (Lipinski definition) is 3. The first kappa shape index (κ1) is 22.6. The Hall–Kier alpha value is -1.43. The highest BCUT2D eigenvalue weighted by Gasteiger charge is 2.43. The second-order valence-electron chi connectivity index (χ2n) is 6.56. The maximum absolute atomic E-state index is 11.9. The smallest absolute Gasteiger partial charge is 0.332 e. The number of ketones is 1. The fraction of sp³-hybridized carbons (Fsp3) is 0.833. The van der Waals surface area contributed by atoms with Crippen LogP contribution in [0.1, 0.15) is 90.4 Å². The summed E-state index contributed by atoms with van der Waals surface area (Å²) in [6.45, 7) is 2.21. The molecule has 0 bridgehead atoms. The predicted octanol–water partition coefficient (Wildman–Crippen LogP) is 3.51. The third kappa shape index (κ3) is 9.65. The molecule has 0 fully saturated rings. The molecule has 24 heavy (non-hydrogen) atoms. The number of carboxylic acid groups (broad SMARTS) is 2. The number of rotatable bonds is 16. The molecule has 0 saturated carbocycles. The maximum Gasteiger partial charge on any atom is 0.332 e. The molecule has 1 atom stereocenters. The molecule has 0 aromatic heterocycles. The van der Waals surface area contributed by atoms with Crippen LogP contribution in [0.5, 0.6) is 0 Å². The zero-order valence-electron chi connectivity index (χ0n) is 14.9. The molecule has 0 aromatic carbocycles. The van der Waals surface area contributed by atoms with Crippen molar-refractivity contribution in [3.8, 4) is 0 Å². The quantitative estimate of drug-likeness (QED) is 0.291. The average molecular weight is 343 g/mol. The Kier molecular flexibility index (Phi) is 12.2. The van der Waals surface area contributed by atoms with E-state index in [9.17, 15) is 14.4 Å². The van der Waals surface area contributed by atoms with E-state index in [0.717, 1.165) is 19.3 Å². The summed E-state index contributed by atoms with van der Waals surface area (Å²) in [5.74, 6) is -3.65. The summed E-state index contributed by atoms with van der Waals surface area (Å²) in [6.07, 6.45) is 11.6. The van der Waals surface area contributed by atoms with Crippen molar-refractivity contribution in [2.75, 3.05) is 0 Å². The van der Waals surface area contributed by atoms with Gasteiger partial charge >= 0.3 is 11.9 Å². The number of aliphatic carboxylic acids is 2. The minimum absolute atomic E-state index is 0.0209. The molecule has 0 aliphatic rings. The average Bonchev–Trinajstić information content (AvgIpc) is 2.51. The van der Waals surface area contributed by atoms with Gasteiger partial charge in [0.2, 0.25) is 0 Å². The summed E-state index contributed by atoms with van der Waals surface area (Å²) in [5.41, 5.74) is 3.18. The van der Waals surface area contributed by atoms with Gasteiger partial charge in [-0.05, 0) is 6.42 Å². The number of carbonyl (C=O) groups excluding carboxylic acids is 1. The molecule has 0 unspecified atom stereocenters. The molecular formula is C18H33NO5. The van der Waals surface area contributed by atoms with Crippen molar-refractivity contribution >= 4 is 17.7 Å². The molecular weight excluding hydrogens is 310 g/mol. The first-order valence-corrected chi connectivity index (χ1v) is 9.12. The van der Waals surface area contributed by atoms with Gasteiger partial charge in [-0.15, -0.1) is 0 Å². The summed E-state index contributed by atoms with van der Waals surface area (Å²) in [5, 5.41) is 17.7. The third-order valence-electron chi connectivity index (χ3n) is 4.32. The normalized spacial score (nSPS) is 13.4. The van der Waals surface area contributed by atoms with E-state index in [0.29, 0.717) is 6.42 Å². The van der Waals surface area contributed by atoms with Crippen molar-refractivity contribution < 1.29 is 24.6 Å². The molecule has 0 heterocycles. The summed E-state index contributed by atoms with van der Waals surface area (Å²) < 4.78 is 0. The highest BCUT2D eigenvalue weighted by molar-refractivity contribution is 6.09. The lowest BCUT2D eigenvalue weighted by molar-refractivity contribution is -0.154. The van der Waals surface area contributed by atoms with Crippen LogP contribution in [0.15, 0.2) is 0 Å². The minimum atomic E-state index is -2.30. The minimum Gasteiger partial charge on any atom is -0.481 e. The lowest BCUT2D eigenvalue weighted by atomic mass is 9.88. The first-order chi connectivity index (χ1) is 11.3. The van der Waals surface area contributed by atoms with Gasteiger partial charge in [-0.1, -0.05) is 71.1 Å². The lowest BCUT2D eigenvalue weighted by Gasteiger charge is -2.21. The van der Waals surface area contributed by atoms with Crippen LogP contribution in [0.25, 0.3) is 0 Å². The molecule has 6 heteroatoms.